The second kappa shape index (κ2) is 9.62. The van der Waals surface area contributed by atoms with E-state index >= 15 is 0 Å². The van der Waals surface area contributed by atoms with E-state index in [0.29, 0.717) is 17.6 Å². The molecule has 0 bridgehead atoms. The molecule has 0 saturated carbocycles. The highest BCUT2D eigenvalue weighted by molar-refractivity contribution is 5.81. The topological polar surface area (TPSA) is 93.4 Å². The second-order valence-corrected chi connectivity index (χ2v) is 9.09. The van der Waals surface area contributed by atoms with Crippen LogP contribution in [0, 0.1) is 5.92 Å². The highest BCUT2D eigenvalue weighted by atomic mass is 15.3. The van der Waals surface area contributed by atoms with Crippen LogP contribution in [0.4, 0.5) is 11.6 Å². The summed E-state index contributed by atoms with van der Waals surface area (Å²) in [6, 6.07) is 7.96. The molecule has 2 N–H and O–H groups in total. The van der Waals surface area contributed by atoms with Crippen LogP contribution in [0.1, 0.15) is 44.6 Å². The zero-order chi connectivity index (χ0) is 22.6. The molecule has 4 aromatic rings. The first-order chi connectivity index (χ1) is 16.1. The molecule has 8 heteroatoms. The van der Waals surface area contributed by atoms with E-state index in [9.17, 15) is 0 Å². The van der Waals surface area contributed by atoms with Gasteiger partial charge < -0.3 is 10.6 Å². The third-order valence-corrected chi connectivity index (χ3v) is 6.33. The summed E-state index contributed by atoms with van der Waals surface area (Å²) >= 11 is 0. The molecule has 170 valence electrons. The Balaban J connectivity index is 1.31. The van der Waals surface area contributed by atoms with Crippen LogP contribution in [-0.2, 0) is 6.54 Å². The van der Waals surface area contributed by atoms with E-state index in [1.54, 1.807) is 6.20 Å². The lowest BCUT2D eigenvalue weighted by Gasteiger charge is -2.22. The Bertz CT molecular complexity index is 1230. The minimum atomic E-state index is 0.387. The molecule has 0 unspecified atom stereocenters. The van der Waals surface area contributed by atoms with Crippen LogP contribution in [0.2, 0.25) is 0 Å². The van der Waals surface area contributed by atoms with Gasteiger partial charge in [0.25, 0.3) is 0 Å². The van der Waals surface area contributed by atoms with Crippen molar-refractivity contribution in [1.82, 2.24) is 35.3 Å². The monoisotopic (exact) mass is 442 g/mol. The van der Waals surface area contributed by atoms with Crippen molar-refractivity contribution >= 4 is 22.7 Å². The highest BCUT2D eigenvalue weighted by Crippen LogP contribution is 2.24. The number of aromatic nitrogens is 6. The normalized spacial score (nSPS) is 14.8. The average Bonchev–Trinajstić information content (AvgIpc) is 3.32. The summed E-state index contributed by atoms with van der Waals surface area (Å²) in [5.74, 6) is 2.58. The van der Waals surface area contributed by atoms with Gasteiger partial charge >= 0.3 is 0 Å². The van der Waals surface area contributed by atoms with Gasteiger partial charge in [-0.05, 0) is 74.0 Å². The summed E-state index contributed by atoms with van der Waals surface area (Å²) in [6.45, 7) is 7.50. The molecule has 0 atom stereocenters. The third kappa shape index (κ3) is 5.17. The van der Waals surface area contributed by atoms with Gasteiger partial charge in [0.15, 0.2) is 5.82 Å². The number of hydrogen-bond donors (Lipinski definition) is 2. The van der Waals surface area contributed by atoms with E-state index in [-0.39, 0.29) is 0 Å². The molecule has 0 radical (unpaired) electrons. The van der Waals surface area contributed by atoms with Crippen molar-refractivity contribution in [1.29, 1.82) is 0 Å². The predicted octanol–water partition coefficient (Wildman–Crippen LogP) is 4.54. The first-order valence-corrected chi connectivity index (χ1v) is 11.7. The Morgan fingerprint density at radius 3 is 2.76 bits per heavy atom. The van der Waals surface area contributed by atoms with E-state index in [1.807, 2.05) is 35.3 Å². The van der Waals surface area contributed by atoms with Crippen molar-refractivity contribution in [2.45, 2.75) is 45.6 Å². The standard InChI is InChI=1S/C25H30N8/c1-17(2)19-12-25(32-28-14-19)31-24-4-3-22-23(30-24)11-20(13-27-22)21-15-29-33(16-21)10-7-18-5-8-26-9-6-18/h3-4,11-18,26H,5-10H2,1-2H3,(H,30,31,32). The summed E-state index contributed by atoms with van der Waals surface area (Å²) in [4.78, 5) is 9.37. The van der Waals surface area contributed by atoms with E-state index in [4.69, 9.17) is 4.98 Å². The highest BCUT2D eigenvalue weighted by Gasteiger charge is 2.13. The first kappa shape index (κ1) is 21.5. The van der Waals surface area contributed by atoms with Crippen molar-refractivity contribution < 1.29 is 0 Å². The second-order valence-electron chi connectivity index (χ2n) is 9.09. The number of hydrogen-bond acceptors (Lipinski definition) is 7. The van der Waals surface area contributed by atoms with E-state index in [0.717, 1.165) is 53.3 Å². The smallest absolute Gasteiger partial charge is 0.154 e. The van der Waals surface area contributed by atoms with Crippen molar-refractivity contribution in [3.63, 3.8) is 0 Å². The minimum absolute atomic E-state index is 0.387. The fourth-order valence-corrected chi connectivity index (χ4v) is 4.24. The lowest BCUT2D eigenvalue weighted by Crippen LogP contribution is -2.28. The van der Waals surface area contributed by atoms with Gasteiger partial charge in [0.2, 0.25) is 0 Å². The van der Waals surface area contributed by atoms with Gasteiger partial charge in [0.1, 0.15) is 5.82 Å². The number of pyridine rings is 2. The van der Waals surface area contributed by atoms with Crippen molar-refractivity contribution in [2.75, 3.05) is 18.4 Å². The Labute approximate surface area is 193 Å². The maximum Gasteiger partial charge on any atom is 0.154 e. The Kier molecular flexibility index (Phi) is 6.26. The van der Waals surface area contributed by atoms with Gasteiger partial charge in [-0.2, -0.15) is 10.2 Å². The zero-order valence-corrected chi connectivity index (χ0v) is 19.2. The molecule has 0 amide bonds. The summed E-state index contributed by atoms with van der Waals surface area (Å²) in [5.41, 5.74) is 4.89. The van der Waals surface area contributed by atoms with Crippen LogP contribution in [0.3, 0.4) is 0 Å². The molecular weight excluding hydrogens is 412 g/mol. The maximum atomic E-state index is 4.76. The molecule has 33 heavy (non-hydrogen) atoms. The molecule has 1 aliphatic rings. The van der Waals surface area contributed by atoms with Crippen LogP contribution < -0.4 is 10.6 Å². The molecule has 1 fully saturated rings. The molecule has 0 spiro atoms. The van der Waals surface area contributed by atoms with Crippen molar-refractivity contribution in [2.24, 2.45) is 5.92 Å². The zero-order valence-electron chi connectivity index (χ0n) is 19.2. The van der Waals surface area contributed by atoms with Gasteiger partial charge in [0, 0.05) is 30.1 Å². The Hall–Kier alpha value is -3.39. The number of fused-ring (bicyclic) bond motifs is 1. The summed E-state index contributed by atoms with van der Waals surface area (Å²) in [6.07, 6.45) is 11.4. The van der Waals surface area contributed by atoms with Gasteiger partial charge in [-0.1, -0.05) is 13.8 Å². The van der Waals surface area contributed by atoms with Crippen LogP contribution in [0.25, 0.3) is 22.2 Å². The SMILES string of the molecule is CC(C)c1cnnc(Nc2ccc3ncc(-c4cnn(CCC5CCNCC5)c4)cc3n2)c1. The molecule has 0 aliphatic carbocycles. The molecule has 0 aromatic carbocycles. The number of nitrogens with one attached hydrogen (secondary N) is 2. The van der Waals surface area contributed by atoms with Crippen LogP contribution in [0.5, 0.6) is 0 Å². The molecule has 5 heterocycles. The van der Waals surface area contributed by atoms with Crippen molar-refractivity contribution in [3.05, 3.63) is 54.6 Å². The minimum Gasteiger partial charge on any atom is -0.323 e. The van der Waals surface area contributed by atoms with Gasteiger partial charge in [0.05, 0.1) is 23.4 Å². The molecule has 8 nitrogen and oxygen atoms in total. The summed E-state index contributed by atoms with van der Waals surface area (Å²) in [7, 11) is 0. The van der Waals surface area contributed by atoms with Crippen LogP contribution in [0.15, 0.2) is 49.1 Å². The van der Waals surface area contributed by atoms with E-state index in [1.165, 1.54) is 19.3 Å². The Morgan fingerprint density at radius 2 is 1.91 bits per heavy atom. The lowest BCUT2D eigenvalue weighted by atomic mass is 9.95. The lowest BCUT2D eigenvalue weighted by molar-refractivity contribution is 0.332. The summed E-state index contributed by atoms with van der Waals surface area (Å²) in [5, 5.41) is 19.6. The molecule has 5 rings (SSSR count). The number of nitrogens with zero attached hydrogens (tertiary/aromatic N) is 6. The third-order valence-electron chi connectivity index (χ3n) is 6.33. The quantitative estimate of drug-likeness (QED) is 0.434. The predicted molar refractivity (Wildman–Crippen MR) is 130 cm³/mol. The summed E-state index contributed by atoms with van der Waals surface area (Å²) < 4.78 is 2.05. The Morgan fingerprint density at radius 1 is 1.03 bits per heavy atom. The number of aryl methyl sites for hydroxylation is 1. The van der Waals surface area contributed by atoms with Crippen molar-refractivity contribution in [3.8, 4) is 11.1 Å². The molecular formula is C25H30N8. The number of rotatable bonds is 7. The van der Waals surface area contributed by atoms with Crippen LogP contribution >= 0.6 is 0 Å². The van der Waals surface area contributed by atoms with E-state index < -0.39 is 0 Å². The maximum absolute atomic E-state index is 4.76. The number of anilines is 2. The molecule has 1 saturated heterocycles. The van der Waals surface area contributed by atoms with Gasteiger partial charge in [-0.15, -0.1) is 5.10 Å². The fraction of sp³-hybridized carbons (Fsp3) is 0.400. The van der Waals surface area contributed by atoms with Gasteiger partial charge in [-0.25, -0.2) is 4.98 Å². The number of piperidine rings is 1. The van der Waals surface area contributed by atoms with E-state index in [2.05, 4.69) is 57.0 Å². The molecule has 1 aliphatic heterocycles. The molecule has 4 aromatic heterocycles. The largest absolute Gasteiger partial charge is 0.323 e. The van der Waals surface area contributed by atoms with Gasteiger partial charge in [-0.3, -0.25) is 9.67 Å². The average molecular weight is 443 g/mol. The first-order valence-electron chi connectivity index (χ1n) is 11.7. The fourth-order valence-electron chi connectivity index (χ4n) is 4.24. The van der Waals surface area contributed by atoms with Crippen LogP contribution in [-0.4, -0.2) is 43.0 Å².